The topological polar surface area (TPSA) is 126 Å². The average molecular weight is 597 g/mol. The van der Waals surface area contributed by atoms with Gasteiger partial charge in [0.2, 0.25) is 15.9 Å². The molecule has 0 unspecified atom stereocenters. The van der Waals surface area contributed by atoms with E-state index in [1.54, 1.807) is 48.5 Å². The molecule has 5 rings (SSSR count). The number of piperazine rings is 1. The summed E-state index contributed by atoms with van der Waals surface area (Å²) in [6.07, 6.45) is 0. The summed E-state index contributed by atoms with van der Waals surface area (Å²) in [4.78, 5) is 42.8. The molecule has 3 aromatic rings. The molecule has 13 heteroatoms. The molecule has 4 amide bonds. The van der Waals surface area contributed by atoms with Crippen molar-refractivity contribution < 1.29 is 36.7 Å². The standard InChI is InChI=1S/C29H29FN4O7S/c1-40-23-9-3-20(4-10-23)29(21-5-11-24(41-2)12-6-21)27(36)34(28(37)31-29)19-26(35)32-15-17-33(18-16-32)42(38,39)25-13-7-22(30)8-14-25/h3-14H,15-19H2,1-2H3,(H,31,37). The van der Waals surface area contributed by atoms with Crippen molar-refractivity contribution in [2.75, 3.05) is 46.9 Å². The Morgan fingerprint density at radius 1 is 0.833 bits per heavy atom. The highest BCUT2D eigenvalue weighted by molar-refractivity contribution is 7.89. The molecule has 0 aromatic heterocycles. The van der Waals surface area contributed by atoms with Crippen LogP contribution in [0.2, 0.25) is 0 Å². The Morgan fingerprint density at radius 2 is 1.33 bits per heavy atom. The van der Waals surface area contributed by atoms with E-state index in [0.29, 0.717) is 22.6 Å². The monoisotopic (exact) mass is 596 g/mol. The molecule has 1 N–H and O–H groups in total. The zero-order chi connectivity index (χ0) is 30.1. The van der Waals surface area contributed by atoms with Gasteiger partial charge in [0.15, 0.2) is 5.54 Å². The highest BCUT2D eigenvalue weighted by atomic mass is 32.2. The van der Waals surface area contributed by atoms with Gasteiger partial charge in [0.05, 0.1) is 19.1 Å². The first-order chi connectivity index (χ1) is 20.1. The van der Waals surface area contributed by atoms with Gasteiger partial charge in [-0.15, -0.1) is 0 Å². The van der Waals surface area contributed by atoms with Crippen LogP contribution in [0.15, 0.2) is 77.7 Å². The van der Waals surface area contributed by atoms with Gasteiger partial charge < -0.3 is 19.7 Å². The van der Waals surface area contributed by atoms with E-state index < -0.39 is 45.8 Å². The maximum Gasteiger partial charge on any atom is 0.326 e. The number of nitrogens with zero attached hydrogens (tertiary/aromatic N) is 3. The zero-order valence-electron chi connectivity index (χ0n) is 22.9. The molecule has 0 aliphatic carbocycles. The van der Waals surface area contributed by atoms with Crippen molar-refractivity contribution in [3.63, 3.8) is 0 Å². The van der Waals surface area contributed by atoms with Crippen molar-refractivity contribution in [3.05, 3.63) is 89.7 Å². The summed E-state index contributed by atoms with van der Waals surface area (Å²) in [7, 11) is -0.841. The SMILES string of the molecule is COc1ccc(C2(c3ccc(OC)cc3)NC(=O)N(CC(=O)N3CCN(S(=O)(=O)c4ccc(F)cc4)CC3)C2=O)cc1. The Bertz CT molecular complexity index is 1540. The zero-order valence-corrected chi connectivity index (χ0v) is 23.8. The van der Waals surface area contributed by atoms with Gasteiger partial charge in [0.25, 0.3) is 5.91 Å². The summed E-state index contributed by atoms with van der Waals surface area (Å²) in [6.45, 7) is -0.389. The summed E-state index contributed by atoms with van der Waals surface area (Å²) < 4.78 is 50.8. The molecule has 2 aliphatic heterocycles. The lowest BCUT2D eigenvalue weighted by Crippen LogP contribution is -2.53. The number of methoxy groups -OCH3 is 2. The fourth-order valence-corrected chi connectivity index (χ4v) is 6.55. The number of benzene rings is 3. The number of rotatable bonds is 8. The highest BCUT2D eigenvalue weighted by Crippen LogP contribution is 2.37. The van der Waals surface area contributed by atoms with Crippen molar-refractivity contribution >= 4 is 27.9 Å². The molecule has 2 heterocycles. The van der Waals surface area contributed by atoms with Crippen LogP contribution in [0.5, 0.6) is 11.5 Å². The second kappa shape index (κ2) is 11.4. The molecule has 11 nitrogen and oxygen atoms in total. The Balaban J connectivity index is 1.34. The van der Waals surface area contributed by atoms with E-state index in [1.807, 2.05) is 0 Å². The Kier molecular flexibility index (Phi) is 7.89. The molecule has 0 saturated carbocycles. The van der Waals surface area contributed by atoms with Crippen molar-refractivity contribution in [3.8, 4) is 11.5 Å². The first-order valence-electron chi connectivity index (χ1n) is 13.1. The van der Waals surface area contributed by atoms with Gasteiger partial charge in [-0.05, 0) is 59.7 Å². The maximum absolute atomic E-state index is 14.0. The number of urea groups is 1. The van der Waals surface area contributed by atoms with Gasteiger partial charge in [-0.25, -0.2) is 17.6 Å². The molecule has 2 aliphatic rings. The number of nitrogens with one attached hydrogen (secondary N) is 1. The summed E-state index contributed by atoms with van der Waals surface area (Å²) >= 11 is 0. The number of amides is 4. The van der Waals surface area contributed by atoms with E-state index in [1.165, 1.54) is 35.6 Å². The van der Waals surface area contributed by atoms with Crippen LogP contribution in [0.25, 0.3) is 0 Å². The minimum absolute atomic E-state index is 0.00717. The first kappa shape index (κ1) is 29.0. The molecule has 0 radical (unpaired) electrons. The van der Waals surface area contributed by atoms with Gasteiger partial charge in [-0.1, -0.05) is 24.3 Å². The van der Waals surface area contributed by atoms with Crippen LogP contribution in [-0.4, -0.2) is 87.3 Å². The highest BCUT2D eigenvalue weighted by Gasteiger charge is 2.54. The van der Waals surface area contributed by atoms with Gasteiger partial charge in [-0.2, -0.15) is 4.31 Å². The van der Waals surface area contributed by atoms with Crippen LogP contribution in [0, 0.1) is 5.82 Å². The number of carbonyl (C=O) groups excluding carboxylic acids is 3. The van der Waals surface area contributed by atoms with E-state index in [0.717, 1.165) is 17.0 Å². The predicted octanol–water partition coefficient (Wildman–Crippen LogP) is 2.17. The van der Waals surface area contributed by atoms with Crippen LogP contribution in [0.4, 0.5) is 9.18 Å². The summed E-state index contributed by atoms with van der Waals surface area (Å²) in [6, 6.07) is 17.2. The molecule has 0 bridgehead atoms. The Labute approximate surface area is 242 Å². The van der Waals surface area contributed by atoms with Crippen LogP contribution in [0.1, 0.15) is 11.1 Å². The smallest absolute Gasteiger partial charge is 0.326 e. The van der Waals surface area contributed by atoms with Crippen LogP contribution < -0.4 is 14.8 Å². The molecule has 0 atom stereocenters. The second-order valence-corrected chi connectivity index (χ2v) is 11.7. The number of halogens is 1. The second-order valence-electron chi connectivity index (χ2n) is 9.77. The normalized spacial score (nSPS) is 17.2. The molecule has 2 fully saturated rings. The quantitative estimate of drug-likeness (QED) is 0.395. The van der Waals surface area contributed by atoms with Crippen molar-refractivity contribution in [1.29, 1.82) is 0 Å². The van der Waals surface area contributed by atoms with E-state index in [-0.39, 0.29) is 31.1 Å². The summed E-state index contributed by atoms with van der Waals surface area (Å²) in [5, 5.41) is 2.80. The first-order valence-corrected chi connectivity index (χ1v) is 14.5. The fourth-order valence-electron chi connectivity index (χ4n) is 5.13. The van der Waals surface area contributed by atoms with Gasteiger partial charge in [0, 0.05) is 26.2 Å². The number of sulfonamides is 1. The molecule has 2 saturated heterocycles. The average Bonchev–Trinajstić information content (AvgIpc) is 3.27. The largest absolute Gasteiger partial charge is 0.497 e. The molecular weight excluding hydrogens is 567 g/mol. The Morgan fingerprint density at radius 3 is 1.81 bits per heavy atom. The van der Waals surface area contributed by atoms with E-state index in [2.05, 4.69) is 5.32 Å². The number of hydrogen-bond donors (Lipinski definition) is 1. The minimum atomic E-state index is -3.87. The Hall–Kier alpha value is -4.49. The van der Waals surface area contributed by atoms with Gasteiger partial charge in [-0.3, -0.25) is 14.5 Å². The minimum Gasteiger partial charge on any atom is -0.497 e. The van der Waals surface area contributed by atoms with Crippen LogP contribution in [0.3, 0.4) is 0 Å². The number of ether oxygens (including phenoxy) is 2. The lowest BCUT2D eigenvalue weighted by Gasteiger charge is -2.34. The lowest BCUT2D eigenvalue weighted by atomic mass is 9.82. The number of carbonyl (C=O) groups is 3. The van der Waals surface area contributed by atoms with E-state index in [4.69, 9.17) is 9.47 Å². The predicted molar refractivity (Wildman–Crippen MR) is 149 cm³/mol. The number of imide groups is 1. The van der Waals surface area contributed by atoms with Gasteiger partial charge in [0.1, 0.15) is 23.9 Å². The molecule has 0 spiro atoms. The van der Waals surface area contributed by atoms with Gasteiger partial charge >= 0.3 is 6.03 Å². The van der Waals surface area contributed by atoms with Crippen LogP contribution >= 0.6 is 0 Å². The van der Waals surface area contributed by atoms with Crippen molar-refractivity contribution in [2.24, 2.45) is 0 Å². The third-order valence-electron chi connectivity index (χ3n) is 7.49. The third kappa shape index (κ3) is 5.16. The van der Waals surface area contributed by atoms with Crippen molar-refractivity contribution in [1.82, 2.24) is 19.4 Å². The third-order valence-corrected chi connectivity index (χ3v) is 9.40. The summed E-state index contributed by atoms with van der Waals surface area (Å²) in [5.41, 5.74) is -0.652. The molecular formula is C29H29FN4O7S. The fraction of sp³-hybridized carbons (Fsp3) is 0.276. The van der Waals surface area contributed by atoms with E-state index in [9.17, 15) is 27.2 Å². The molecule has 3 aromatic carbocycles. The molecule has 220 valence electrons. The number of hydrogen-bond acceptors (Lipinski definition) is 7. The molecule has 42 heavy (non-hydrogen) atoms. The maximum atomic E-state index is 14.0. The lowest BCUT2D eigenvalue weighted by molar-refractivity contribution is -0.139. The van der Waals surface area contributed by atoms with Crippen LogP contribution in [-0.2, 0) is 25.2 Å². The van der Waals surface area contributed by atoms with Crippen molar-refractivity contribution in [2.45, 2.75) is 10.4 Å². The van der Waals surface area contributed by atoms with E-state index >= 15 is 0 Å². The summed E-state index contributed by atoms with van der Waals surface area (Å²) in [5.74, 6) is -0.555.